The summed E-state index contributed by atoms with van der Waals surface area (Å²) in [6.45, 7) is 27.9. The molecule has 0 aromatic carbocycles. The number of thioether (sulfide) groups is 1. The van der Waals surface area contributed by atoms with Gasteiger partial charge in [-0.05, 0) is 115 Å². The molecule has 0 heterocycles. The van der Waals surface area contributed by atoms with E-state index in [-0.39, 0.29) is 11.0 Å². The third-order valence-electron chi connectivity index (χ3n) is 7.75. The van der Waals surface area contributed by atoms with E-state index >= 15 is 0 Å². The summed E-state index contributed by atoms with van der Waals surface area (Å²) in [5, 5.41) is 0.691. The van der Waals surface area contributed by atoms with E-state index < -0.39 is 8.32 Å². The third kappa shape index (κ3) is 19.1. The van der Waals surface area contributed by atoms with Gasteiger partial charge in [0.25, 0.3) is 0 Å². The van der Waals surface area contributed by atoms with Crippen molar-refractivity contribution in [2.45, 2.75) is 144 Å². The van der Waals surface area contributed by atoms with Crippen molar-refractivity contribution >= 4 is 26.0 Å². The minimum atomic E-state index is -1.81. The highest BCUT2D eigenvalue weighted by molar-refractivity contribution is 8.00. The van der Waals surface area contributed by atoms with E-state index in [1.165, 1.54) is 16.7 Å². The van der Waals surface area contributed by atoms with Gasteiger partial charge in [0.05, 0.1) is 6.61 Å². The standard InChI is InChI=1S/C35H64O3SSi/c1-13-37-34(36)33(27-39-29(4)5)25-17-24-32(26-38-40(11,12)35(8,9)10)23-16-22-31(7)21-15-20-30(6)19-14-18-28(2)3/h18,20,22,25,29,32H,13-17,19,21,23-24,26-27H2,1-12H3/b30-20+,31-22+,33-25-/t32-/m0/s1. The van der Waals surface area contributed by atoms with Crippen LogP contribution in [0.1, 0.15) is 121 Å². The summed E-state index contributed by atoms with van der Waals surface area (Å²) in [5.74, 6) is 1.03. The van der Waals surface area contributed by atoms with Crippen LogP contribution in [0.4, 0.5) is 0 Å². The van der Waals surface area contributed by atoms with E-state index in [1.54, 1.807) is 11.8 Å². The van der Waals surface area contributed by atoms with Crippen LogP contribution in [0.25, 0.3) is 0 Å². The van der Waals surface area contributed by atoms with Crippen LogP contribution in [0, 0.1) is 5.92 Å². The molecule has 3 nitrogen and oxygen atoms in total. The van der Waals surface area contributed by atoms with E-state index in [2.05, 4.69) is 99.7 Å². The first kappa shape index (κ1) is 39.0. The fourth-order valence-corrected chi connectivity index (χ4v) is 5.77. The van der Waals surface area contributed by atoms with Crippen molar-refractivity contribution in [3.8, 4) is 0 Å². The Labute approximate surface area is 254 Å². The van der Waals surface area contributed by atoms with Gasteiger partial charge in [-0.25, -0.2) is 4.79 Å². The number of carbonyl (C=O) groups is 1. The van der Waals surface area contributed by atoms with Crippen LogP contribution in [0.3, 0.4) is 0 Å². The van der Waals surface area contributed by atoms with Crippen molar-refractivity contribution < 1.29 is 14.0 Å². The Morgan fingerprint density at radius 2 is 1.38 bits per heavy atom. The maximum atomic E-state index is 12.5. The number of hydrogen-bond acceptors (Lipinski definition) is 4. The van der Waals surface area contributed by atoms with Gasteiger partial charge in [-0.1, -0.05) is 75.6 Å². The molecule has 0 saturated heterocycles. The average Bonchev–Trinajstić information content (AvgIpc) is 2.83. The summed E-state index contributed by atoms with van der Waals surface area (Å²) in [6.07, 6.45) is 18.0. The van der Waals surface area contributed by atoms with Gasteiger partial charge in [-0.2, -0.15) is 11.8 Å². The molecule has 0 aliphatic carbocycles. The summed E-state index contributed by atoms with van der Waals surface area (Å²) in [6, 6.07) is 0. The number of rotatable bonds is 20. The lowest BCUT2D eigenvalue weighted by Gasteiger charge is -2.37. The van der Waals surface area contributed by atoms with Crippen molar-refractivity contribution in [2.75, 3.05) is 19.0 Å². The molecule has 5 heteroatoms. The molecule has 232 valence electrons. The highest BCUT2D eigenvalue weighted by Gasteiger charge is 2.37. The zero-order valence-electron chi connectivity index (χ0n) is 28.4. The fourth-order valence-electron chi connectivity index (χ4n) is 3.93. The van der Waals surface area contributed by atoms with E-state index in [0.717, 1.165) is 63.5 Å². The third-order valence-corrected chi connectivity index (χ3v) is 13.4. The molecule has 0 aromatic rings. The van der Waals surface area contributed by atoms with Gasteiger partial charge >= 0.3 is 5.97 Å². The number of hydrogen-bond donors (Lipinski definition) is 0. The summed E-state index contributed by atoms with van der Waals surface area (Å²) < 4.78 is 12.0. The minimum absolute atomic E-state index is 0.162. The highest BCUT2D eigenvalue weighted by Crippen LogP contribution is 2.37. The Bertz CT molecular complexity index is 839. The Hall–Kier alpha value is -1.04. The zero-order valence-corrected chi connectivity index (χ0v) is 30.2. The molecule has 0 fully saturated rings. The lowest BCUT2D eigenvalue weighted by Crippen LogP contribution is -2.42. The van der Waals surface area contributed by atoms with Crippen LogP contribution < -0.4 is 0 Å². The summed E-state index contributed by atoms with van der Waals surface area (Å²) in [7, 11) is -1.81. The molecule has 0 rings (SSSR count). The SMILES string of the molecule is CCOC(=O)/C(=C\CC[C@H](CC/C=C(\C)CC/C=C(\C)CCC=C(C)C)CO[Si](C)(C)C(C)(C)C)CSC(C)C. The molecule has 0 aromatic heterocycles. The quantitative estimate of drug-likeness (QED) is 0.0609. The van der Waals surface area contributed by atoms with Crippen LogP contribution in [0.15, 0.2) is 46.6 Å². The predicted octanol–water partition coefficient (Wildman–Crippen LogP) is 11.2. The molecule has 40 heavy (non-hydrogen) atoms. The minimum Gasteiger partial charge on any atom is -0.463 e. The van der Waals surface area contributed by atoms with Gasteiger partial charge in [-0.3, -0.25) is 0 Å². The van der Waals surface area contributed by atoms with Crippen LogP contribution in [0.5, 0.6) is 0 Å². The molecule has 1 atom stereocenters. The number of ether oxygens (including phenoxy) is 1. The number of esters is 1. The summed E-state index contributed by atoms with van der Waals surface area (Å²) in [4.78, 5) is 12.5. The van der Waals surface area contributed by atoms with Gasteiger partial charge in [0, 0.05) is 17.9 Å². The first-order chi connectivity index (χ1) is 18.6. The second-order valence-corrected chi connectivity index (χ2v) is 19.7. The molecule has 0 unspecified atom stereocenters. The van der Waals surface area contributed by atoms with E-state index in [1.807, 2.05) is 6.92 Å². The topological polar surface area (TPSA) is 35.5 Å². The molecular weight excluding hydrogens is 529 g/mol. The summed E-state index contributed by atoms with van der Waals surface area (Å²) >= 11 is 1.80. The van der Waals surface area contributed by atoms with Crippen LogP contribution in [-0.4, -0.2) is 38.5 Å². The molecule has 0 spiro atoms. The molecule has 0 aliphatic rings. The van der Waals surface area contributed by atoms with Crippen molar-refractivity contribution in [2.24, 2.45) is 5.92 Å². The maximum absolute atomic E-state index is 12.5. The first-order valence-corrected chi connectivity index (χ1v) is 19.6. The van der Waals surface area contributed by atoms with Crippen LogP contribution in [-0.2, 0) is 14.0 Å². The average molecular weight is 593 g/mol. The zero-order chi connectivity index (χ0) is 30.8. The van der Waals surface area contributed by atoms with Crippen LogP contribution in [0.2, 0.25) is 18.1 Å². The molecule has 0 bridgehead atoms. The van der Waals surface area contributed by atoms with Crippen molar-refractivity contribution in [1.29, 1.82) is 0 Å². The summed E-state index contributed by atoms with van der Waals surface area (Å²) in [5.41, 5.74) is 5.19. The van der Waals surface area contributed by atoms with Crippen molar-refractivity contribution in [1.82, 2.24) is 0 Å². The fraction of sp³-hybridized carbons (Fsp3) is 0.743. The maximum Gasteiger partial charge on any atom is 0.334 e. The molecule has 0 amide bonds. The monoisotopic (exact) mass is 592 g/mol. The van der Waals surface area contributed by atoms with E-state index in [0.29, 0.717) is 23.5 Å². The molecule has 0 aliphatic heterocycles. The van der Waals surface area contributed by atoms with E-state index in [4.69, 9.17) is 9.16 Å². The Kier molecular flexibility index (Phi) is 20.2. The molecular formula is C35H64O3SSi. The van der Waals surface area contributed by atoms with Crippen molar-refractivity contribution in [3.63, 3.8) is 0 Å². The molecule has 0 saturated carbocycles. The lowest BCUT2D eigenvalue weighted by atomic mass is 9.96. The second-order valence-electron chi connectivity index (χ2n) is 13.4. The lowest BCUT2D eigenvalue weighted by molar-refractivity contribution is -0.138. The Morgan fingerprint density at radius 3 is 1.88 bits per heavy atom. The second kappa shape index (κ2) is 20.8. The molecule has 0 radical (unpaired) electrons. The predicted molar refractivity (Wildman–Crippen MR) is 183 cm³/mol. The van der Waals surface area contributed by atoms with Crippen molar-refractivity contribution in [3.05, 3.63) is 46.6 Å². The van der Waals surface area contributed by atoms with Gasteiger partial charge in [-0.15, -0.1) is 0 Å². The highest BCUT2D eigenvalue weighted by atomic mass is 32.2. The van der Waals surface area contributed by atoms with Gasteiger partial charge in [0.2, 0.25) is 0 Å². The number of allylic oxidation sites excluding steroid dienone is 7. The van der Waals surface area contributed by atoms with Gasteiger partial charge in [0.15, 0.2) is 8.32 Å². The number of carbonyl (C=O) groups excluding carboxylic acids is 1. The van der Waals surface area contributed by atoms with Gasteiger partial charge in [0.1, 0.15) is 0 Å². The first-order valence-electron chi connectivity index (χ1n) is 15.6. The molecule has 0 N–H and O–H groups in total. The van der Waals surface area contributed by atoms with Crippen LogP contribution >= 0.6 is 11.8 Å². The largest absolute Gasteiger partial charge is 0.463 e. The van der Waals surface area contributed by atoms with Gasteiger partial charge < -0.3 is 9.16 Å². The van der Waals surface area contributed by atoms with E-state index in [9.17, 15) is 4.79 Å². The Balaban J connectivity index is 5.20. The Morgan fingerprint density at radius 1 is 0.850 bits per heavy atom. The normalized spacial score (nSPS) is 14.5. The smallest absolute Gasteiger partial charge is 0.334 e.